The van der Waals surface area contributed by atoms with Gasteiger partial charge in [-0.3, -0.25) is 9.69 Å². The fourth-order valence-corrected chi connectivity index (χ4v) is 2.32. The van der Waals surface area contributed by atoms with Gasteiger partial charge >= 0.3 is 0 Å². The number of nitrogens with zero attached hydrogens (tertiary/aromatic N) is 1. The van der Waals surface area contributed by atoms with E-state index >= 15 is 0 Å². The Bertz CT molecular complexity index is 369. The highest BCUT2D eigenvalue weighted by Crippen LogP contribution is 2.34. The maximum Gasteiger partial charge on any atom is 0.226 e. The molecule has 0 radical (unpaired) electrons. The molecule has 1 amide bonds. The summed E-state index contributed by atoms with van der Waals surface area (Å²) in [4.78, 5) is 13.6. The normalized spacial score (nSPS) is 19.1. The fourth-order valence-electron chi connectivity index (χ4n) is 2.32. The van der Waals surface area contributed by atoms with E-state index in [0.29, 0.717) is 0 Å². The summed E-state index contributed by atoms with van der Waals surface area (Å²) in [5.74, 6) is -0.153. The molecule has 86 valence electrons. The Balaban J connectivity index is 1.91. The Morgan fingerprint density at radius 3 is 2.50 bits per heavy atom. The molecule has 2 N–H and O–H groups in total. The van der Waals surface area contributed by atoms with E-state index in [1.165, 1.54) is 5.56 Å². The molecule has 1 aromatic rings. The molecule has 0 aromatic heterocycles. The van der Waals surface area contributed by atoms with Crippen molar-refractivity contribution in [2.24, 2.45) is 11.1 Å². The van der Waals surface area contributed by atoms with E-state index in [1.54, 1.807) is 0 Å². The van der Waals surface area contributed by atoms with Gasteiger partial charge in [0.2, 0.25) is 5.91 Å². The Labute approximate surface area is 96.2 Å². The molecule has 1 aliphatic heterocycles. The van der Waals surface area contributed by atoms with Gasteiger partial charge in [0.25, 0.3) is 0 Å². The van der Waals surface area contributed by atoms with Crippen LogP contribution in [0.25, 0.3) is 0 Å². The monoisotopic (exact) mass is 218 g/mol. The van der Waals surface area contributed by atoms with Gasteiger partial charge in [0, 0.05) is 19.6 Å². The number of hydrogen-bond acceptors (Lipinski definition) is 2. The third kappa shape index (κ3) is 1.95. The van der Waals surface area contributed by atoms with Gasteiger partial charge in [0.05, 0.1) is 5.41 Å². The molecule has 1 aliphatic rings. The molecule has 3 heteroatoms. The molecular formula is C13H18N2O. The molecule has 0 aliphatic carbocycles. The maximum atomic E-state index is 11.3. The zero-order chi connectivity index (χ0) is 11.6. The summed E-state index contributed by atoms with van der Waals surface area (Å²) in [5, 5.41) is 0. The SMILES string of the molecule is CCC1(C(N)=O)CN(Cc2ccccc2)C1. The van der Waals surface area contributed by atoms with E-state index in [1.807, 2.05) is 25.1 Å². The lowest BCUT2D eigenvalue weighted by Gasteiger charge is -2.47. The number of nitrogens with two attached hydrogens (primary N) is 1. The molecular weight excluding hydrogens is 200 g/mol. The number of carbonyl (C=O) groups excluding carboxylic acids is 1. The van der Waals surface area contributed by atoms with E-state index in [-0.39, 0.29) is 11.3 Å². The van der Waals surface area contributed by atoms with Crippen LogP contribution in [0.1, 0.15) is 18.9 Å². The van der Waals surface area contributed by atoms with E-state index in [2.05, 4.69) is 17.0 Å². The van der Waals surface area contributed by atoms with Crippen molar-refractivity contribution in [1.29, 1.82) is 0 Å². The number of hydrogen-bond donors (Lipinski definition) is 1. The quantitative estimate of drug-likeness (QED) is 0.830. The summed E-state index contributed by atoms with van der Waals surface area (Å²) >= 11 is 0. The first-order valence-corrected chi connectivity index (χ1v) is 5.72. The number of benzene rings is 1. The van der Waals surface area contributed by atoms with Gasteiger partial charge < -0.3 is 5.73 Å². The zero-order valence-corrected chi connectivity index (χ0v) is 9.65. The standard InChI is InChI=1S/C13H18N2O/c1-2-13(12(14)16)9-15(10-13)8-11-6-4-3-5-7-11/h3-7H,2,8-10H2,1H3,(H2,14,16). The van der Waals surface area contributed by atoms with Crippen molar-refractivity contribution in [2.75, 3.05) is 13.1 Å². The predicted molar refractivity (Wildman–Crippen MR) is 63.6 cm³/mol. The average molecular weight is 218 g/mol. The summed E-state index contributed by atoms with van der Waals surface area (Å²) in [6.45, 7) is 4.54. The van der Waals surface area contributed by atoms with Crippen molar-refractivity contribution in [3.8, 4) is 0 Å². The van der Waals surface area contributed by atoms with Crippen LogP contribution in [0.4, 0.5) is 0 Å². The Kier molecular flexibility index (Phi) is 2.97. The van der Waals surface area contributed by atoms with Gasteiger partial charge in [0.1, 0.15) is 0 Å². The highest BCUT2D eigenvalue weighted by molar-refractivity contribution is 5.82. The molecule has 16 heavy (non-hydrogen) atoms. The van der Waals surface area contributed by atoms with Crippen LogP contribution in [-0.4, -0.2) is 23.9 Å². The molecule has 1 heterocycles. The highest BCUT2D eigenvalue weighted by Gasteiger charge is 2.46. The molecule has 0 saturated carbocycles. The first-order chi connectivity index (χ1) is 7.66. The van der Waals surface area contributed by atoms with Crippen molar-refractivity contribution < 1.29 is 4.79 Å². The van der Waals surface area contributed by atoms with Crippen LogP contribution < -0.4 is 5.73 Å². The number of rotatable bonds is 4. The molecule has 0 spiro atoms. The van der Waals surface area contributed by atoms with E-state index in [9.17, 15) is 4.79 Å². The predicted octanol–water partition coefficient (Wildman–Crippen LogP) is 1.38. The van der Waals surface area contributed by atoms with Crippen LogP contribution in [0.15, 0.2) is 30.3 Å². The summed E-state index contributed by atoms with van der Waals surface area (Å²) in [6.07, 6.45) is 0.841. The first kappa shape index (κ1) is 11.1. The van der Waals surface area contributed by atoms with Crippen molar-refractivity contribution in [2.45, 2.75) is 19.9 Å². The van der Waals surface area contributed by atoms with Crippen LogP contribution in [0.2, 0.25) is 0 Å². The Morgan fingerprint density at radius 2 is 2.00 bits per heavy atom. The minimum Gasteiger partial charge on any atom is -0.369 e. The van der Waals surface area contributed by atoms with Crippen molar-refractivity contribution in [3.05, 3.63) is 35.9 Å². The van der Waals surface area contributed by atoms with Gasteiger partial charge in [-0.2, -0.15) is 0 Å². The number of primary amides is 1. The van der Waals surface area contributed by atoms with Gasteiger partial charge in [-0.25, -0.2) is 0 Å². The van der Waals surface area contributed by atoms with Crippen LogP contribution in [-0.2, 0) is 11.3 Å². The summed E-state index contributed by atoms with van der Waals surface area (Å²) < 4.78 is 0. The van der Waals surface area contributed by atoms with E-state index < -0.39 is 0 Å². The maximum absolute atomic E-state index is 11.3. The van der Waals surface area contributed by atoms with Crippen LogP contribution in [0, 0.1) is 5.41 Å². The van der Waals surface area contributed by atoms with Crippen LogP contribution in [0.5, 0.6) is 0 Å². The van der Waals surface area contributed by atoms with Crippen molar-refractivity contribution in [3.63, 3.8) is 0 Å². The lowest BCUT2D eigenvalue weighted by Crippen LogP contribution is -2.61. The number of carbonyl (C=O) groups is 1. The molecule has 1 aromatic carbocycles. The van der Waals surface area contributed by atoms with Gasteiger partial charge in [-0.05, 0) is 12.0 Å². The molecule has 2 rings (SSSR count). The molecule has 1 fully saturated rings. The second-order valence-corrected chi connectivity index (χ2v) is 4.63. The van der Waals surface area contributed by atoms with E-state index in [0.717, 1.165) is 26.1 Å². The van der Waals surface area contributed by atoms with Crippen molar-refractivity contribution >= 4 is 5.91 Å². The summed E-state index contributed by atoms with van der Waals surface area (Å²) in [7, 11) is 0. The molecule has 1 saturated heterocycles. The Hall–Kier alpha value is -1.35. The highest BCUT2D eigenvalue weighted by atomic mass is 16.1. The zero-order valence-electron chi connectivity index (χ0n) is 9.65. The smallest absolute Gasteiger partial charge is 0.226 e. The molecule has 0 unspecified atom stereocenters. The van der Waals surface area contributed by atoms with Crippen LogP contribution >= 0.6 is 0 Å². The van der Waals surface area contributed by atoms with E-state index in [4.69, 9.17) is 5.73 Å². The second-order valence-electron chi connectivity index (χ2n) is 4.63. The fraction of sp³-hybridized carbons (Fsp3) is 0.462. The minimum absolute atomic E-state index is 0.153. The second kappa shape index (κ2) is 4.26. The Morgan fingerprint density at radius 1 is 1.38 bits per heavy atom. The van der Waals surface area contributed by atoms with Crippen molar-refractivity contribution in [1.82, 2.24) is 4.90 Å². The lowest BCUT2D eigenvalue weighted by atomic mass is 9.76. The topological polar surface area (TPSA) is 46.3 Å². The lowest BCUT2D eigenvalue weighted by molar-refractivity contribution is -0.139. The molecule has 3 nitrogen and oxygen atoms in total. The van der Waals surface area contributed by atoms with Gasteiger partial charge in [-0.15, -0.1) is 0 Å². The summed E-state index contributed by atoms with van der Waals surface area (Å²) in [6, 6.07) is 10.3. The first-order valence-electron chi connectivity index (χ1n) is 5.72. The minimum atomic E-state index is -0.269. The van der Waals surface area contributed by atoms with Gasteiger partial charge in [-0.1, -0.05) is 37.3 Å². The average Bonchev–Trinajstić information content (AvgIpc) is 2.24. The van der Waals surface area contributed by atoms with Gasteiger partial charge in [0.15, 0.2) is 0 Å². The number of likely N-dealkylation sites (tertiary alicyclic amines) is 1. The summed E-state index contributed by atoms with van der Waals surface area (Å²) in [5.41, 5.74) is 6.45. The number of amides is 1. The molecule has 0 bridgehead atoms. The third-order valence-electron chi connectivity index (χ3n) is 3.50. The molecule has 0 atom stereocenters. The third-order valence-corrected chi connectivity index (χ3v) is 3.50. The van der Waals surface area contributed by atoms with Crippen LogP contribution in [0.3, 0.4) is 0 Å². The largest absolute Gasteiger partial charge is 0.369 e.